The van der Waals surface area contributed by atoms with Gasteiger partial charge in [0.05, 0.1) is 45.1 Å². The van der Waals surface area contributed by atoms with Crippen molar-refractivity contribution in [3.63, 3.8) is 0 Å². The molecule has 0 radical (unpaired) electrons. The van der Waals surface area contributed by atoms with Crippen molar-refractivity contribution in [3.05, 3.63) is 52.1 Å². The summed E-state index contributed by atoms with van der Waals surface area (Å²) in [5, 5.41) is 13.6. The quantitative estimate of drug-likeness (QED) is 0.494. The maximum atomic E-state index is 12.4. The van der Waals surface area contributed by atoms with Crippen molar-refractivity contribution in [3.8, 4) is 17.2 Å². The smallest absolute Gasteiger partial charge is 0.279 e. The van der Waals surface area contributed by atoms with Crippen LogP contribution in [0.3, 0.4) is 0 Å². The highest BCUT2D eigenvalue weighted by Crippen LogP contribution is 2.28. The Hall–Kier alpha value is -3.33. The molecule has 0 aliphatic heterocycles. The number of nitrogens with one attached hydrogen (secondary N) is 2. The van der Waals surface area contributed by atoms with Crippen molar-refractivity contribution < 1.29 is 28.8 Å². The van der Waals surface area contributed by atoms with E-state index in [0.29, 0.717) is 23.7 Å². The van der Waals surface area contributed by atoms with Gasteiger partial charge in [-0.05, 0) is 18.2 Å². The number of non-ortho nitro benzene ring substituents is 1. The first-order valence-corrected chi connectivity index (χ1v) is 8.52. The zero-order valence-corrected chi connectivity index (χ0v) is 16.3. The minimum Gasteiger partial charge on any atom is -0.497 e. The topological polar surface area (TPSA) is 104 Å². The summed E-state index contributed by atoms with van der Waals surface area (Å²) in [6.07, 6.45) is 0. The Bertz CT molecular complexity index is 856. The Balaban J connectivity index is 2.02. The minimum atomic E-state index is -0.520. The maximum absolute atomic E-state index is 12.4. The van der Waals surface area contributed by atoms with Crippen LogP contribution in [-0.4, -0.2) is 45.8 Å². The Labute approximate surface area is 163 Å². The summed E-state index contributed by atoms with van der Waals surface area (Å²) in [5.41, 5.74) is 1.22. The van der Waals surface area contributed by atoms with Crippen LogP contribution in [0.25, 0.3) is 0 Å². The lowest BCUT2D eigenvalue weighted by molar-refractivity contribution is -0.885. The van der Waals surface area contributed by atoms with E-state index in [1.165, 1.54) is 25.3 Å². The van der Waals surface area contributed by atoms with Gasteiger partial charge in [0.25, 0.3) is 11.6 Å². The molecule has 0 aromatic heterocycles. The average Bonchev–Trinajstić information content (AvgIpc) is 2.68. The van der Waals surface area contributed by atoms with Crippen molar-refractivity contribution in [2.75, 3.05) is 40.2 Å². The van der Waals surface area contributed by atoms with Crippen LogP contribution in [0.1, 0.15) is 5.56 Å². The Morgan fingerprint density at radius 2 is 1.79 bits per heavy atom. The molecule has 9 heteroatoms. The molecular formula is C19H24N3O6+. The average molecular weight is 390 g/mol. The monoisotopic (exact) mass is 390 g/mol. The standard InChI is InChI=1S/C19H23N3O6/c1-21(11-13-5-7-15(26-2)10-17(13)27-3)12-19(23)20-16-8-6-14(22(24)25)9-18(16)28-4/h5-10H,11-12H2,1-4H3,(H,20,23)/p+1. The van der Waals surface area contributed by atoms with E-state index in [0.717, 1.165) is 10.5 Å². The van der Waals surface area contributed by atoms with Crippen LogP contribution in [0.15, 0.2) is 36.4 Å². The fraction of sp³-hybridized carbons (Fsp3) is 0.316. The fourth-order valence-corrected chi connectivity index (χ4v) is 2.75. The molecule has 0 spiro atoms. The number of quaternary nitrogens is 1. The molecule has 150 valence electrons. The summed E-state index contributed by atoms with van der Waals surface area (Å²) in [4.78, 5) is 23.7. The summed E-state index contributed by atoms with van der Waals surface area (Å²) >= 11 is 0. The van der Waals surface area contributed by atoms with Crippen LogP contribution >= 0.6 is 0 Å². The van der Waals surface area contributed by atoms with E-state index in [1.807, 2.05) is 19.2 Å². The molecule has 1 amide bonds. The highest BCUT2D eigenvalue weighted by atomic mass is 16.6. The van der Waals surface area contributed by atoms with Crippen molar-refractivity contribution in [1.29, 1.82) is 0 Å². The Morgan fingerprint density at radius 1 is 1.07 bits per heavy atom. The molecule has 2 aromatic carbocycles. The Kier molecular flexibility index (Phi) is 7.16. The second-order valence-electron chi connectivity index (χ2n) is 6.18. The number of ether oxygens (including phenoxy) is 3. The van der Waals surface area contributed by atoms with Gasteiger partial charge in [0.2, 0.25) is 0 Å². The largest absolute Gasteiger partial charge is 0.497 e. The summed E-state index contributed by atoms with van der Waals surface area (Å²) < 4.78 is 15.7. The number of rotatable bonds is 9. The molecule has 2 rings (SSSR count). The van der Waals surface area contributed by atoms with Crippen molar-refractivity contribution in [2.24, 2.45) is 0 Å². The number of methoxy groups -OCH3 is 3. The molecule has 1 unspecified atom stereocenters. The van der Waals surface area contributed by atoms with Gasteiger partial charge in [0.1, 0.15) is 23.8 Å². The first kappa shape index (κ1) is 21.0. The number of nitro benzene ring substituents is 1. The molecule has 1 atom stereocenters. The molecule has 0 saturated carbocycles. The van der Waals surface area contributed by atoms with Gasteiger partial charge in [-0.2, -0.15) is 0 Å². The number of nitro groups is 1. The Morgan fingerprint density at radius 3 is 2.39 bits per heavy atom. The lowest BCUT2D eigenvalue weighted by Crippen LogP contribution is -3.08. The molecular weight excluding hydrogens is 366 g/mol. The van der Waals surface area contributed by atoms with Gasteiger partial charge in [0, 0.05) is 17.7 Å². The van der Waals surface area contributed by atoms with Crippen molar-refractivity contribution >= 4 is 17.3 Å². The van der Waals surface area contributed by atoms with Crippen LogP contribution in [0.2, 0.25) is 0 Å². The predicted octanol–water partition coefficient (Wildman–Crippen LogP) is 1.27. The second-order valence-corrected chi connectivity index (χ2v) is 6.18. The van der Waals surface area contributed by atoms with Gasteiger partial charge >= 0.3 is 0 Å². The van der Waals surface area contributed by atoms with Crippen LogP contribution in [-0.2, 0) is 11.3 Å². The highest BCUT2D eigenvalue weighted by molar-refractivity contribution is 5.93. The molecule has 0 fully saturated rings. The first-order chi connectivity index (χ1) is 13.4. The third kappa shape index (κ3) is 5.34. The molecule has 28 heavy (non-hydrogen) atoms. The number of amides is 1. The van der Waals surface area contributed by atoms with Crippen molar-refractivity contribution in [1.82, 2.24) is 0 Å². The van der Waals surface area contributed by atoms with E-state index in [9.17, 15) is 14.9 Å². The van der Waals surface area contributed by atoms with Gasteiger partial charge in [-0.15, -0.1) is 0 Å². The van der Waals surface area contributed by atoms with Crippen LogP contribution in [0.5, 0.6) is 17.2 Å². The lowest BCUT2D eigenvalue weighted by atomic mass is 10.1. The minimum absolute atomic E-state index is 0.107. The second kappa shape index (κ2) is 9.56. The van der Waals surface area contributed by atoms with Gasteiger partial charge < -0.3 is 24.4 Å². The molecule has 9 nitrogen and oxygen atoms in total. The first-order valence-electron chi connectivity index (χ1n) is 8.52. The summed E-state index contributed by atoms with van der Waals surface area (Å²) in [5.74, 6) is 1.38. The molecule has 2 aromatic rings. The molecule has 0 heterocycles. The van der Waals surface area contributed by atoms with Gasteiger partial charge in [0.15, 0.2) is 6.54 Å². The number of anilines is 1. The number of likely N-dealkylation sites (N-methyl/N-ethyl adjacent to an activating group) is 1. The molecule has 2 N–H and O–H groups in total. The third-order valence-electron chi connectivity index (χ3n) is 4.12. The van der Waals surface area contributed by atoms with E-state index in [-0.39, 0.29) is 23.9 Å². The van der Waals surface area contributed by atoms with Gasteiger partial charge in [-0.1, -0.05) is 0 Å². The SMILES string of the molecule is COc1ccc(C[NH+](C)CC(=O)Nc2ccc([N+](=O)[O-])cc2OC)c(OC)c1. The van der Waals surface area contributed by atoms with Crippen LogP contribution in [0.4, 0.5) is 11.4 Å². The highest BCUT2D eigenvalue weighted by Gasteiger charge is 2.17. The number of benzene rings is 2. The van der Waals surface area contributed by atoms with E-state index >= 15 is 0 Å². The van der Waals surface area contributed by atoms with Gasteiger partial charge in [-0.3, -0.25) is 14.9 Å². The number of hydrogen-bond acceptors (Lipinski definition) is 6. The van der Waals surface area contributed by atoms with Gasteiger partial charge in [-0.25, -0.2) is 0 Å². The summed E-state index contributed by atoms with van der Waals surface area (Å²) in [6.45, 7) is 0.757. The maximum Gasteiger partial charge on any atom is 0.279 e. The lowest BCUT2D eigenvalue weighted by Gasteiger charge is -2.17. The zero-order chi connectivity index (χ0) is 20.7. The third-order valence-corrected chi connectivity index (χ3v) is 4.12. The zero-order valence-electron chi connectivity index (χ0n) is 16.3. The number of carbonyl (C=O) groups is 1. The normalized spacial score (nSPS) is 11.4. The van der Waals surface area contributed by atoms with Crippen LogP contribution in [0, 0.1) is 10.1 Å². The van der Waals surface area contributed by atoms with E-state index < -0.39 is 4.92 Å². The predicted molar refractivity (Wildman–Crippen MR) is 103 cm³/mol. The van der Waals surface area contributed by atoms with E-state index in [4.69, 9.17) is 14.2 Å². The van der Waals surface area contributed by atoms with Crippen molar-refractivity contribution in [2.45, 2.75) is 6.54 Å². The number of carbonyl (C=O) groups excluding carboxylic acids is 1. The number of nitrogens with zero attached hydrogens (tertiary/aromatic N) is 1. The molecule has 0 aliphatic carbocycles. The molecule has 0 aliphatic rings. The fourth-order valence-electron chi connectivity index (χ4n) is 2.75. The van der Waals surface area contributed by atoms with E-state index in [2.05, 4.69) is 5.32 Å². The molecule has 0 saturated heterocycles. The number of hydrogen-bond donors (Lipinski definition) is 2. The van der Waals surface area contributed by atoms with E-state index in [1.54, 1.807) is 20.3 Å². The summed E-state index contributed by atoms with van der Waals surface area (Å²) in [7, 11) is 6.45. The molecule has 0 bridgehead atoms. The van der Waals surface area contributed by atoms with Crippen LogP contribution < -0.4 is 24.4 Å². The summed E-state index contributed by atoms with van der Waals surface area (Å²) in [6, 6.07) is 9.58.